The maximum atomic E-state index is 12.1. The Labute approximate surface area is 138 Å². The molecule has 1 saturated heterocycles. The smallest absolute Gasteiger partial charge is 0.315 e. The monoisotopic (exact) mass is 320 g/mol. The molecule has 5 heteroatoms. The van der Waals surface area contributed by atoms with Crippen LogP contribution in [0.15, 0.2) is 30.3 Å². The van der Waals surface area contributed by atoms with E-state index in [0.717, 1.165) is 31.6 Å². The number of ether oxygens (including phenoxy) is 1. The van der Waals surface area contributed by atoms with Crippen LogP contribution >= 0.6 is 0 Å². The molecule has 3 atom stereocenters. The number of carbonyl (C=O) groups is 1. The van der Waals surface area contributed by atoms with E-state index in [0.29, 0.717) is 12.3 Å². The van der Waals surface area contributed by atoms with E-state index in [1.165, 1.54) is 0 Å². The molecule has 5 nitrogen and oxygen atoms in total. The molecule has 0 aliphatic carbocycles. The Hall–Kier alpha value is -1.59. The molecule has 0 radical (unpaired) electrons. The zero-order valence-corrected chi connectivity index (χ0v) is 14.0. The van der Waals surface area contributed by atoms with Gasteiger partial charge in [0.15, 0.2) is 0 Å². The Balaban J connectivity index is 1.73. The highest BCUT2D eigenvalue weighted by atomic mass is 16.5. The third-order valence-electron chi connectivity index (χ3n) is 4.47. The lowest BCUT2D eigenvalue weighted by Gasteiger charge is -2.29. The van der Waals surface area contributed by atoms with E-state index in [4.69, 9.17) is 4.74 Å². The number of urea groups is 1. The van der Waals surface area contributed by atoms with Crippen molar-refractivity contribution in [3.8, 4) is 0 Å². The molecule has 0 aromatic heterocycles. The molecule has 2 amide bonds. The highest BCUT2D eigenvalue weighted by Gasteiger charge is 2.22. The molecule has 1 aliphatic heterocycles. The molecule has 3 N–H and O–H groups in total. The van der Waals surface area contributed by atoms with Crippen molar-refractivity contribution >= 4 is 6.03 Å². The highest BCUT2D eigenvalue weighted by Crippen LogP contribution is 2.19. The van der Waals surface area contributed by atoms with Gasteiger partial charge in [-0.15, -0.1) is 0 Å². The summed E-state index contributed by atoms with van der Waals surface area (Å²) in [5.41, 5.74) is 0.872. The molecule has 0 bridgehead atoms. The minimum Gasteiger partial charge on any atom is -0.388 e. The van der Waals surface area contributed by atoms with Crippen LogP contribution in [0.25, 0.3) is 0 Å². The van der Waals surface area contributed by atoms with Crippen molar-refractivity contribution in [2.45, 2.75) is 51.3 Å². The van der Waals surface area contributed by atoms with E-state index < -0.39 is 6.10 Å². The second-order valence-corrected chi connectivity index (χ2v) is 6.42. The summed E-state index contributed by atoms with van der Waals surface area (Å²) in [6.07, 6.45) is 1.90. The van der Waals surface area contributed by atoms with Gasteiger partial charge in [-0.3, -0.25) is 0 Å². The lowest BCUT2D eigenvalue weighted by molar-refractivity contribution is 0.0570. The van der Waals surface area contributed by atoms with Crippen LogP contribution in [0.5, 0.6) is 0 Å². The van der Waals surface area contributed by atoms with E-state index in [1.54, 1.807) is 0 Å². The highest BCUT2D eigenvalue weighted by molar-refractivity contribution is 5.74. The summed E-state index contributed by atoms with van der Waals surface area (Å²) in [6, 6.07) is 9.37. The predicted molar refractivity (Wildman–Crippen MR) is 90.2 cm³/mol. The van der Waals surface area contributed by atoms with Gasteiger partial charge >= 0.3 is 6.03 Å². The molecular weight excluding hydrogens is 292 g/mol. The number of carbonyl (C=O) groups excluding carboxylic acids is 1. The van der Waals surface area contributed by atoms with Gasteiger partial charge in [0.25, 0.3) is 0 Å². The minimum atomic E-state index is -0.570. The van der Waals surface area contributed by atoms with Crippen LogP contribution in [-0.4, -0.2) is 36.4 Å². The number of aliphatic hydroxyl groups excluding tert-OH is 1. The Kier molecular flexibility index (Phi) is 6.86. The van der Waals surface area contributed by atoms with Gasteiger partial charge in [0.05, 0.1) is 6.10 Å². The van der Waals surface area contributed by atoms with E-state index in [2.05, 4.69) is 10.6 Å². The van der Waals surface area contributed by atoms with Gasteiger partial charge in [-0.25, -0.2) is 4.79 Å². The van der Waals surface area contributed by atoms with E-state index in [-0.39, 0.29) is 18.1 Å². The summed E-state index contributed by atoms with van der Waals surface area (Å²) in [5.74, 6) is 0.472. The zero-order chi connectivity index (χ0) is 16.7. The van der Waals surface area contributed by atoms with Gasteiger partial charge in [-0.05, 0) is 44.6 Å². The molecule has 23 heavy (non-hydrogen) atoms. The minimum absolute atomic E-state index is 0.105. The molecule has 1 aliphatic rings. The zero-order valence-electron chi connectivity index (χ0n) is 14.0. The first-order valence-corrected chi connectivity index (χ1v) is 8.44. The Morgan fingerprint density at radius 2 is 1.87 bits per heavy atom. The van der Waals surface area contributed by atoms with Gasteiger partial charge in [0.1, 0.15) is 0 Å². The maximum Gasteiger partial charge on any atom is 0.315 e. The lowest BCUT2D eigenvalue weighted by atomic mass is 9.93. The van der Waals surface area contributed by atoms with Gasteiger partial charge in [0, 0.05) is 25.3 Å². The van der Waals surface area contributed by atoms with Crippen molar-refractivity contribution in [1.29, 1.82) is 0 Å². The van der Waals surface area contributed by atoms with Crippen LogP contribution in [0.2, 0.25) is 0 Å². The summed E-state index contributed by atoms with van der Waals surface area (Å²) in [4.78, 5) is 12.1. The first-order chi connectivity index (χ1) is 11.1. The van der Waals surface area contributed by atoms with E-state index >= 15 is 0 Å². The largest absolute Gasteiger partial charge is 0.388 e. The molecule has 1 heterocycles. The summed E-state index contributed by atoms with van der Waals surface area (Å²) >= 11 is 0. The quantitative estimate of drug-likeness (QED) is 0.754. The van der Waals surface area contributed by atoms with Crippen LogP contribution in [0.3, 0.4) is 0 Å². The molecule has 1 fully saturated rings. The fourth-order valence-corrected chi connectivity index (χ4v) is 3.01. The fourth-order valence-electron chi connectivity index (χ4n) is 3.01. The molecule has 3 unspecified atom stereocenters. The molecule has 0 saturated carbocycles. The number of hydrogen-bond acceptors (Lipinski definition) is 3. The van der Waals surface area contributed by atoms with Gasteiger partial charge in [-0.1, -0.05) is 30.3 Å². The molecule has 2 rings (SSSR count). The summed E-state index contributed by atoms with van der Waals surface area (Å²) in [6.45, 7) is 5.50. The van der Waals surface area contributed by atoms with Crippen LogP contribution in [-0.2, 0) is 4.74 Å². The average molecular weight is 320 g/mol. The molecular formula is C18H28N2O3. The number of amides is 2. The number of hydrogen-bond donors (Lipinski definition) is 3. The predicted octanol–water partition coefficient (Wildman–Crippen LogP) is 2.61. The second-order valence-electron chi connectivity index (χ2n) is 6.42. The Morgan fingerprint density at radius 1 is 1.22 bits per heavy atom. The van der Waals surface area contributed by atoms with Crippen LogP contribution in [0, 0.1) is 5.92 Å². The SMILES string of the molecule is CC(CC(O)c1ccccc1)NC(=O)NC(C)C1CCOCC1. The Bertz CT molecular complexity index is 474. The fraction of sp³-hybridized carbons (Fsp3) is 0.611. The molecule has 1 aromatic rings. The summed E-state index contributed by atoms with van der Waals surface area (Å²) in [5, 5.41) is 16.1. The number of benzene rings is 1. The third-order valence-corrected chi connectivity index (χ3v) is 4.47. The number of aliphatic hydroxyl groups is 1. The first kappa shape index (κ1) is 17.8. The first-order valence-electron chi connectivity index (χ1n) is 8.44. The lowest BCUT2D eigenvalue weighted by Crippen LogP contribution is -2.48. The summed E-state index contributed by atoms with van der Waals surface area (Å²) in [7, 11) is 0. The Morgan fingerprint density at radius 3 is 2.52 bits per heavy atom. The molecule has 1 aromatic carbocycles. The van der Waals surface area contributed by atoms with Crippen LogP contribution < -0.4 is 10.6 Å². The standard InChI is InChI=1S/C18H28N2O3/c1-13(12-17(21)16-6-4-3-5-7-16)19-18(22)20-14(2)15-8-10-23-11-9-15/h3-7,13-15,17,21H,8-12H2,1-2H3,(H2,19,20,22). The topological polar surface area (TPSA) is 70.6 Å². The normalized spacial score (nSPS) is 19.6. The van der Waals surface area contributed by atoms with E-state index in [9.17, 15) is 9.90 Å². The van der Waals surface area contributed by atoms with Crippen LogP contribution in [0.4, 0.5) is 4.79 Å². The third kappa shape index (κ3) is 5.84. The van der Waals surface area contributed by atoms with Crippen molar-refractivity contribution in [1.82, 2.24) is 10.6 Å². The van der Waals surface area contributed by atoms with E-state index in [1.807, 2.05) is 44.2 Å². The summed E-state index contributed by atoms with van der Waals surface area (Å²) < 4.78 is 5.35. The van der Waals surface area contributed by atoms with Crippen molar-refractivity contribution in [3.63, 3.8) is 0 Å². The second kappa shape index (κ2) is 8.89. The van der Waals surface area contributed by atoms with Crippen molar-refractivity contribution in [2.24, 2.45) is 5.92 Å². The van der Waals surface area contributed by atoms with Crippen LogP contribution in [0.1, 0.15) is 44.8 Å². The van der Waals surface area contributed by atoms with Crippen molar-refractivity contribution in [3.05, 3.63) is 35.9 Å². The van der Waals surface area contributed by atoms with Gasteiger partial charge in [-0.2, -0.15) is 0 Å². The number of rotatable bonds is 6. The average Bonchev–Trinajstić information content (AvgIpc) is 2.56. The van der Waals surface area contributed by atoms with Gasteiger partial charge < -0.3 is 20.5 Å². The number of nitrogens with one attached hydrogen (secondary N) is 2. The molecule has 128 valence electrons. The maximum absolute atomic E-state index is 12.1. The van der Waals surface area contributed by atoms with Crippen molar-refractivity contribution in [2.75, 3.05) is 13.2 Å². The molecule has 0 spiro atoms. The van der Waals surface area contributed by atoms with Crippen molar-refractivity contribution < 1.29 is 14.6 Å². The van der Waals surface area contributed by atoms with Gasteiger partial charge in [0.2, 0.25) is 0 Å².